The van der Waals surface area contributed by atoms with Crippen molar-refractivity contribution in [1.82, 2.24) is 10.2 Å². The van der Waals surface area contributed by atoms with Gasteiger partial charge in [-0.2, -0.15) is 0 Å². The lowest BCUT2D eigenvalue weighted by Gasteiger charge is -2.32. The number of carbonyl (C=O) groups is 2. The van der Waals surface area contributed by atoms with Crippen LogP contribution in [0.25, 0.3) is 0 Å². The molecule has 2 fully saturated rings. The fourth-order valence-corrected chi connectivity index (χ4v) is 3.75. The monoisotopic (exact) mass is 316 g/mol. The molecular formula is C18H24N2O3. The molecule has 2 saturated heterocycles. The molecule has 5 heteroatoms. The average Bonchev–Trinajstić information content (AvgIpc) is 3.11. The average molecular weight is 316 g/mol. The highest BCUT2D eigenvalue weighted by Crippen LogP contribution is 2.30. The van der Waals surface area contributed by atoms with E-state index in [1.807, 2.05) is 23.1 Å². The molecule has 5 nitrogen and oxygen atoms in total. The van der Waals surface area contributed by atoms with Crippen molar-refractivity contribution in [2.24, 2.45) is 11.8 Å². The summed E-state index contributed by atoms with van der Waals surface area (Å²) in [6.07, 6.45) is 1.69. The Balaban J connectivity index is 1.67. The zero-order valence-electron chi connectivity index (χ0n) is 13.5. The number of ether oxygens (including phenoxy) is 1. The number of nitrogens with one attached hydrogen (secondary N) is 1. The molecule has 1 N–H and O–H groups in total. The minimum Gasteiger partial charge on any atom is -0.469 e. The second-order valence-corrected chi connectivity index (χ2v) is 6.41. The number of hydrogen-bond donors (Lipinski definition) is 1. The molecule has 2 aliphatic rings. The molecule has 0 aliphatic carbocycles. The van der Waals surface area contributed by atoms with Crippen LogP contribution in [0.15, 0.2) is 30.3 Å². The predicted molar refractivity (Wildman–Crippen MR) is 86.9 cm³/mol. The SMILES string of the molecule is COC(=O)[C@H]1CNCC[C@@H]1C(=O)N1CCC(c2ccccc2)C1. The van der Waals surface area contributed by atoms with Crippen LogP contribution in [0.1, 0.15) is 24.3 Å². The van der Waals surface area contributed by atoms with E-state index in [0.29, 0.717) is 18.9 Å². The lowest BCUT2D eigenvalue weighted by Crippen LogP contribution is -2.48. The van der Waals surface area contributed by atoms with Crippen LogP contribution >= 0.6 is 0 Å². The molecule has 1 amide bonds. The summed E-state index contributed by atoms with van der Waals surface area (Å²) < 4.78 is 4.87. The van der Waals surface area contributed by atoms with Crippen molar-refractivity contribution in [3.05, 3.63) is 35.9 Å². The van der Waals surface area contributed by atoms with Gasteiger partial charge in [0.1, 0.15) is 0 Å². The van der Waals surface area contributed by atoms with Gasteiger partial charge in [0.2, 0.25) is 5.91 Å². The number of methoxy groups -OCH3 is 1. The van der Waals surface area contributed by atoms with E-state index in [9.17, 15) is 9.59 Å². The minimum atomic E-state index is -0.364. The molecule has 3 atom stereocenters. The van der Waals surface area contributed by atoms with Crippen LogP contribution in [-0.2, 0) is 14.3 Å². The highest BCUT2D eigenvalue weighted by atomic mass is 16.5. The molecule has 0 radical (unpaired) electrons. The van der Waals surface area contributed by atoms with Crippen molar-refractivity contribution in [3.8, 4) is 0 Å². The number of nitrogens with zero attached hydrogens (tertiary/aromatic N) is 1. The summed E-state index contributed by atoms with van der Waals surface area (Å²) in [5, 5.41) is 3.19. The van der Waals surface area contributed by atoms with E-state index in [1.54, 1.807) is 0 Å². The van der Waals surface area contributed by atoms with Crippen molar-refractivity contribution in [2.45, 2.75) is 18.8 Å². The highest BCUT2D eigenvalue weighted by Gasteiger charge is 2.40. The first-order valence-corrected chi connectivity index (χ1v) is 8.33. The number of rotatable bonds is 3. The Morgan fingerprint density at radius 3 is 2.70 bits per heavy atom. The van der Waals surface area contributed by atoms with Crippen LogP contribution in [-0.4, -0.2) is 50.1 Å². The molecule has 2 heterocycles. The molecule has 0 bridgehead atoms. The number of hydrogen-bond acceptors (Lipinski definition) is 4. The third-order valence-electron chi connectivity index (χ3n) is 5.07. The maximum Gasteiger partial charge on any atom is 0.310 e. The van der Waals surface area contributed by atoms with Gasteiger partial charge in [-0.25, -0.2) is 0 Å². The van der Waals surface area contributed by atoms with Gasteiger partial charge in [-0.15, -0.1) is 0 Å². The van der Waals surface area contributed by atoms with Crippen LogP contribution in [0.3, 0.4) is 0 Å². The predicted octanol–water partition coefficient (Wildman–Crippen LogP) is 1.40. The summed E-state index contributed by atoms with van der Waals surface area (Å²) in [6.45, 7) is 2.83. The van der Waals surface area contributed by atoms with E-state index in [2.05, 4.69) is 17.4 Å². The molecule has 2 aliphatic heterocycles. The molecule has 0 spiro atoms. The Kier molecular flexibility index (Phi) is 4.96. The first-order valence-electron chi connectivity index (χ1n) is 8.33. The van der Waals surface area contributed by atoms with Gasteiger partial charge >= 0.3 is 5.97 Å². The van der Waals surface area contributed by atoms with E-state index >= 15 is 0 Å². The van der Waals surface area contributed by atoms with Gasteiger partial charge in [0.25, 0.3) is 0 Å². The zero-order chi connectivity index (χ0) is 16.2. The van der Waals surface area contributed by atoms with Gasteiger partial charge in [0.15, 0.2) is 0 Å². The van der Waals surface area contributed by atoms with Gasteiger partial charge in [-0.3, -0.25) is 9.59 Å². The van der Waals surface area contributed by atoms with Crippen molar-refractivity contribution < 1.29 is 14.3 Å². The van der Waals surface area contributed by atoms with Crippen molar-refractivity contribution in [2.75, 3.05) is 33.3 Å². The van der Waals surface area contributed by atoms with E-state index in [1.165, 1.54) is 12.7 Å². The molecule has 23 heavy (non-hydrogen) atoms. The highest BCUT2D eigenvalue weighted by molar-refractivity contribution is 5.86. The maximum atomic E-state index is 12.9. The molecule has 3 rings (SSSR count). The van der Waals surface area contributed by atoms with Crippen LogP contribution in [0.2, 0.25) is 0 Å². The zero-order valence-corrected chi connectivity index (χ0v) is 13.5. The Morgan fingerprint density at radius 1 is 1.17 bits per heavy atom. The van der Waals surface area contributed by atoms with Crippen molar-refractivity contribution in [1.29, 1.82) is 0 Å². The first-order chi connectivity index (χ1) is 11.2. The van der Waals surface area contributed by atoms with E-state index in [-0.39, 0.29) is 23.7 Å². The van der Waals surface area contributed by atoms with Gasteiger partial charge < -0.3 is 15.0 Å². The molecule has 1 aromatic rings. The van der Waals surface area contributed by atoms with Crippen molar-refractivity contribution >= 4 is 11.9 Å². The van der Waals surface area contributed by atoms with Gasteiger partial charge in [0, 0.05) is 25.6 Å². The Labute approximate surface area is 137 Å². The number of likely N-dealkylation sites (tertiary alicyclic amines) is 1. The first kappa shape index (κ1) is 16.0. The van der Waals surface area contributed by atoms with Gasteiger partial charge in [-0.1, -0.05) is 30.3 Å². The standard InChI is InChI=1S/C18H24N2O3/c1-23-18(22)16-11-19-9-7-15(16)17(21)20-10-8-14(12-20)13-5-3-2-4-6-13/h2-6,14-16,19H,7-12H2,1H3/t14?,15-,16-/m0/s1. The van der Waals surface area contributed by atoms with E-state index in [4.69, 9.17) is 4.74 Å². The van der Waals surface area contributed by atoms with Gasteiger partial charge in [-0.05, 0) is 24.9 Å². The molecule has 0 aromatic heterocycles. The molecular weight excluding hydrogens is 292 g/mol. The molecule has 1 unspecified atom stereocenters. The number of piperidine rings is 1. The Hall–Kier alpha value is -1.88. The van der Waals surface area contributed by atoms with Crippen molar-refractivity contribution in [3.63, 3.8) is 0 Å². The van der Waals surface area contributed by atoms with E-state index < -0.39 is 0 Å². The third kappa shape index (κ3) is 3.39. The third-order valence-corrected chi connectivity index (χ3v) is 5.07. The largest absolute Gasteiger partial charge is 0.469 e. The summed E-state index contributed by atoms with van der Waals surface area (Å²) in [6, 6.07) is 10.3. The number of carbonyl (C=O) groups excluding carboxylic acids is 2. The van der Waals surface area contributed by atoms with Crippen LogP contribution in [0.4, 0.5) is 0 Å². The quantitative estimate of drug-likeness (QED) is 0.857. The second-order valence-electron chi connectivity index (χ2n) is 6.41. The fraction of sp³-hybridized carbons (Fsp3) is 0.556. The summed E-state index contributed by atoms with van der Waals surface area (Å²) in [5.74, 6) is -0.386. The lowest BCUT2D eigenvalue weighted by molar-refractivity contribution is -0.153. The summed E-state index contributed by atoms with van der Waals surface area (Å²) in [5.41, 5.74) is 1.29. The summed E-state index contributed by atoms with van der Waals surface area (Å²) >= 11 is 0. The molecule has 1 aromatic carbocycles. The summed E-state index contributed by atoms with van der Waals surface area (Å²) in [4.78, 5) is 26.8. The number of benzene rings is 1. The summed E-state index contributed by atoms with van der Waals surface area (Å²) in [7, 11) is 1.39. The normalized spacial score (nSPS) is 27.7. The van der Waals surface area contributed by atoms with Crippen LogP contribution in [0, 0.1) is 11.8 Å². The molecule has 124 valence electrons. The van der Waals surface area contributed by atoms with E-state index in [0.717, 1.165) is 26.1 Å². The molecule has 0 saturated carbocycles. The second kappa shape index (κ2) is 7.13. The lowest BCUT2D eigenvalue weighted by atomic mass is 9.85. The topological polar surface area (TPSA) is 58.6 Å². The fourth-order valence-electron chi connectivity index (χ4n) is 3.75. The Morgan fingerprint density at radius 2 is 1.96 bits per heavy atom. The maximum absolute atomic E-state index is 12.9. The Bertz CT molecular complexity index is 561. The van der Waals surface area contributed by atoms with Crippen LogP contribution < -0.4 is 5.32 Å². The van der Waals surface area contributed by atoms with Crippen LogP contribution in [0.5, 0.6) is 0 Å². The van der Waals surface area contributed by atoms with Gasteiger partial charge in [0.05, 0.1) is 18.9 Å². The minimum absolute atomic E-state index is 0.111. The number of amides is 1. The number of esters is 1. The smallest absolute Gasteiger partial charge is 0.310 e.